The summed E-state index contributed by atoms with van der Waals surface area (Å²) in [6, 6.07) is 8.24. The predicted octanol–water partition coefficient (Wildman–Crippen LogP) is 1.65. The molecule has 1 aromatic carbocycles. The molecule has 0 aromatic heterocycles. The number of thiocarbonyl (C=S) groups is 1. The molecule has 0 heterocycles. The Labute approximate surface area is 89.3 Å². The molecule has 0 aliphatic heterocycles. The first-order valence-corrected chi connectivity index (χ1v) is 4.87. The van der Waals surface area contributed by atoms with Crippen LogP contribution in [0.25, 0.3) is 0 Å². The van der Waals surface area contributed by atoms with E-state index < -0.39 is 0 Å². The number of nitrogens with one attached hydrogen (secondary N) is 1. The number of rotatable bonds is 5. The van der Waals surface area contributed by atoms with E-state index >= 15 is 0 Å². The van der Waals surface area contributed by atoms with Gasteiger partial charge in [0.25, 0.3) is 0 Å². The molecule has 0 atom stereocenters. The van der Waals surface area contributed by atoms with Gasteiger partial charge in [0.15, 0.2) is 0 Å². The summed E-state index contributed by atoms with van der Waals surface area (Å²) in [6.45, 7) is 2.53. The fourth-order valence-electron chi connectivity index (χ4n) is 1.15. The molecule has 0 bridgehead atoms. The zero-order chi connectivity index (χ0) is 10.4. The van der Waals surface area contributed by atoms with Gasteiger partial charge in [0, 0.05) is 17.8 Å². The van der Waals surface area contributed by atoms with E-state index in [2.05, 4.69) is 36.5 Å². The van der Waals surface area contributed by atoms with Crippen molar-refractivity contribution in [2.75, 3.05) is 6.54 Å². The van der Waals surface area contributed by atoms with Crippen LogP contribution in [0.2, 0.25) is 0 Å². The van der Waals surface area contributed by atoms with E-state index in [-0.39, 0.29) is 0 Å². The minimum atomic E-state index is 0.479. The first-order chi connectivity index (χ1) is 6.72. The molecule has 0 saturated carbocycles. The monoisotopic (exact) mass is 207 g/mol. The quantitative estimate of drug-likeness (QED) is 0.587. The fourth-order valence-corrected chi connectivity index (χ4v) is 1.40. The van der Waals surface area contributed by atoms with E-state index in [0.717, 1.165) is 11.3 Å². The van der Waals surface area contributed by atoms with Gasteiger partial charge in [-0.05, 0) is 12.5 Å². The van der Waals surface area contributed by atoms with Crippen molar-refractivity contribution in [1.29, 1.82) is 0 Å². The molecule has 0 radical (unpaired) electrons. The van der Waals surface area contributed by atoms with Crippen molar-refractivity contribution in [3.8, 4) is 0 Å². The van der Waals surface area contributed by atoms with Gasteiger partial charge in [0.05, 0.1) is 0 Å². The van der Waals surface area contributed by atoms with Crippen molar-refractivity contribution in [3.05, 3.63) is 35.4 Å². The minimum absolute atomic E-state index is 0.479. The smallest absolute Gasteiger partial charge is 0.207 e. The van der Waals surface area contributed by atoms with Gasteiger partial charge in [0.1, 0.15) is 0 Å². The van der Waals surface area contributed by atoms with Crippen LogP contribution in [0.1, 0.15) is 11.1 Å². The molecule has 2 nitrogen and oxygen atoms in total. The van der Waals surface area contributed by atoms with Crippen molar-refractivity contribution in [1.82, 2.24) is 5.32 Å². The zero-order valence-electron chi connectivity index (χ0n) is 8.12. The second-order valence-electron chi connectivity index (χ2n) is 3.20. The molecule has 0 saturated heterocycles. The zero-order valence-corrected chi connectivity index (χ0v) is 8.93. The van der Waals surface area contributed by atoms with E-state index in [1.54, 1.807) is 0 Å². The van der Waals surface area contributed by atoms with Crippen molar-refractivity contribution in [2.45, 2.75) is 13.3 Å². The van der Waals surface area contributed by atoms with E-state index in [4.69, 9.17) is 12.2 Å². The van der Waals surface area contributed by atoms with E-state index in [0.29, 0.717) is 13.0 Å². The van der Waals surface area contributed by atoms with Crippen LogP contribution in [-0.4, -0.2) is 17.8 Å². The van der Waals surface area contributed by atoms with Crippen molar-refractivity contribution in [2.24, 2.45) is 0 Å². The Morgan fingerprint density at radius 1 is 1.43 bits per heavy atom. The molecule has 0 aliphatic carbocycles. The van der Waals surface area contributed by atoms with Crippen LogP contribution in [0.4, 0.5) is 0 Å². The Bertz CT molecular complexity index is 319. The lowest BCUT2D eigenvalue weighted by molar-refractivity contribution is -0.109. The molecular weight excluding hydrogens is 194 g/mol. The lowest BCUT2D eigenvalue weighted by Crippen LogP contribution is -2.21. The Morgan fingerprint density at radius 3 is 2.64 bits per heavy atom. The summed E-state index contributed by atoms with van der Waals surface area (Å²) in [4.78, 5) is 10.9. The number of hydrogen-bond acceptors (Lipinski definition) is 2. The van der Waals surface area contributed by atoms with Gasteiger partial charge >= 0.3 is 0 Å². The van der Waals surface area contributed by atoms with Crippen molar-refractivity contribution in [3.63, 3.8) is 0 Å². The van der Waals surface area contributed by atoms with Crippen molar-refractivity contribution < 1.29 is 4.79 Å². The normalized spacial score (nSPS) is 9.50. The van der Waals surface area contributed by atoms with Gasteiger partial charge in [-0.15, -0.1) is 0 Å². The highest BCUT2D eigenvalue weighted by Gasteiger charge is 1.98. The fraction of sp³-hybridized carbons (Fsp3) is 0.273. The van der Waals surface area contributed by atoms with Crippen LogP contribution in [0.15, 0.2) is 24.3 Å². The van der Waals surface area contributed by atoms with E-state index in [1.807, 2.05) is 0 Å². The largest absolute Gasteiger partial charge is 0.354 e. The Hall–Kier alpha value is -1.22. The number of aryl methyl sites for hydroxylation is 1. The molecular formula is C11H13NOS. The summed E-state index contributed by atoms with van der Waals surface area (Å²) >= 11 is 5.11. The van der Waals surface area contributed by atoms with Crippen LogP contribution in [-0.2, 0) is 11.2 Å². The standard InChI is InChI=1S/C11H13NOS/c1-9-2-4-10(5-3-9)6-11(14)7-12-8-13/h2-5,8H,6-7H2,1H3,(H,12,13). The maximum Gasteiger partial charge on any atom is 0.207 e. The molecule has 1 N–H and O–H groups in total. The Kier molecular flexibility index (Phi) is 4.26. The summed E-state index contributed by atoms with van der Waals surface area (Å²) in [7, 11) is 0. The summed E-state index contributed by atoms with van der Waals surface area (Å²) in [5.41, 5.74) is 2.43. The molecule has 1 aromatic rings. The van der Waals surface area contributed by atoms with Gasteiger partial charge in [-0.1, -0.05) is 42.0 Å². The molecule has 0 aliphatic rings. The van der Waals surface area contributed by atoms with Crippen LogP contribution in [0.3, 0.4) is 0 Å². The first-order valence-electron chi connectivity index (χ1n) is 4.46. The Balaban J connectivity index is 2.47. The van der Waals surface area contributed by atoms with Crippen LogP contribution in [0.5, 0.6) is 0 Å². The molecule has 0 spiro atoms. The Morgan fingerprint density at radius 2 is 2.07 bits per heavy atom. The first kappa shape index (κ1) is 10.9. The highest BCUT2D eigenvalue weighted by molar-refractivity contribution is 7.80. The molecule has 1 amide bonds. The average Bonchev–Trinajstić information content (AvgIpc) is 2.18. The van der Waals surface area contributed by atoms with E-state index in [9.17, 15) is 4.79 Å². The molecule has 14 heavy (non-hydrogen) atoms. The number of benzene rings is 1. The summed E-state index contributed by atoms with van der Waals surface area (Å²) in [5, 5.41) is 2.56. The van der Waals surface area contributed by atoms with Gasteiger partial charge in [-0.25, -0.2) is 0 Å². The van der Waals surface area contributed by atoms with Crippen LogP contribution < -0.4 is 5.32 Å². The van der Waals surface area contributed by atoms with Gasteiger partial charge in [-0.3, -0.25) is 4.79 Å². The van der Waals surface area contributed by atoms with Gasteiger partial charge < -0.3 is 5.32 Å². The second kappa shape index (κ2) is 5.50. The third-order valence-corrected chi connectivity index (χ3v) is 2.19. The van der Waals surface area contributed by atoms with E-state index in [1.165, 1.54) is 11.1 Å². The highest BCUT2D eigenvalue weighted by atomic mass is 32.1. The predicted molar refractivity (Wildman–Crippen MR) is 61.5 cm³/mol. The average molecular weight is 207 g/mol. The van der Waals surface area contributed by atoms with Crippen molar-refractivity contribution >= 4 is 23.5 Å². The number of hydrogen-bond donors (Lipinski definition) is 1. The van der Waals surface area contributed by atoms with Gasteiger partial charge in [0.2, 0.25) is 6.41 Å². The molecule has 3 heteroatoms. The second-order valence-corrected chi connectivity index (χ2v) is 3.78. The summed E-state index contributed by atoms with van der Waals surface area (Å²) in [6.07, 6.45) is 1.41. The van der Waals surface area contributed by atoms with Crippen LogP contribution >= 0.6 is 12.2 Å². The molecule has 1 rings (SSSR count). The topological polar surface area (TPSA) is 29.1 Å². The van der Waals surface area contributed by atoms with Gasteiger partial charge in [-0.2, -0.15) is 0 Å². The lowest BCUT2D eigenvalue weighted by Gasteiger charge is -2.03. The molecule has 74 valence electrons. The minimum Gasteiger partial charge on any atom is -0.354 e. The third kappa shape index (κ3) is 3.66. The number of carbonyl (C=O) groups is 1. The third-order valence-electron chi connectivity index (χ3n) is 1.90. The molecule has 0 unspecified atom stereocenters. The lowest BCUT2D eigenvalue weighted by atomic mass is 10.1. The maximum atomic E-state index is 10.0. The highest BCUT2D eigenvalue weighted by Crippen LogP contribution is 2.04. The number of amides is 1. The summed E-state index contributed by atoms with van der Waals surface area (Å²) in [5.74, 6) is 0. The number of carbonyl (C=O) groups excluding carboxylic acids is 1. The summed E-state index contributed by atoms with van der Waals surface area (Å²) < 4.78 is 0. The maximum absolute atomic E-state index is 10.0. The molecule has 0 fully saturated rings. The van der Waals surface area contributed by atoms with Crippen LogP contribution in [0, 0.1) is 6.92 Å². The SMILES string of the molecule is Cc1ccc(CC(=S)CNC=O)cc1.